The minimum atomic E-state index is 0. The van der Waals surface area contributed by atoms with E-state index in [4.69, 9.17) is 4.99 Å². The molecule has 0 fully saturated rings. The fourth-order valence-electron chi connectivity index (χ4n) is 2.19. The molecule has 0 bridgehead atoms. The molecule has 22 heavy (non-hydrogen) atoms. The molecular formula is C17H16Br2N2S. The zero-order valence-electron chi connectivity index (χ0n) is 12.1. The highest BCUT2D eigenvalue weighted by Gasteiger charge is 2.06. The third-order valence-electron chi connectivity index (χ3n) is 3.23. The van der Waals surface area contributed by atoms with Gasteiger partial charge in [-0.1, -0.05) is 46.3 Å². The molecule has 5 heteroatoms. The molecule has 0 saturated heterocycles. The van der Waals surface area contributed by atoms with Crippen LogP contribution in [0.2, 0.25) is 0 Å². The van der Waals surface area contributed by atoms with Crippen LogP contribution < -0.4 is 4.80 Å². The van der Waals surface area contributed by atoms with Crippen molar-refractivity contribution < 1.29 is 0 Å². The SMILES string of the molecule is Br.CCn1c(-c2ccc(Br)cc2)csc1=Nc1ccccc1. The standard InChI is InChI=1S/C17H15BrN2S.BrH/c1-2-20-16(13-8-10-14(18)11-9-13)12-21-17(20)19-15-6-4-3-5-7-15;/h3-12H,2H2,1H3;1H. The van der Waals surface area contributed by atoms with Crippen LogP contribution in [0.5, 0.6) is 0 Å². The van der Waals surface area contributed by atoms with Gasteiger partial charge in [0.05, 0.1) is 11.4 Å². The van der Waals surface area contributed by atoms with Gasteiger partial charge in [-0.25, -0.2) is 4.99 Å². The van der Waals surface area contributed by atoms with E-state index in [1.165, 1.54) is 11.3 Å². The van der Waals surface area contributed by atoms with Crippen LogP contribution in [0.3, 0.4) is 0 Å². The average molecular weight is 440 g/mol. The predicted octanol–water partition coefficient (Wildman–Crippen LogP) is 5.81. The van der Waals surface area contributed by atoms with Gasteiger partial charge in [-0.05, 0) is 36.8 Å². The van der Waals surface area contributed by atoms with Gasteiger partial charge < -0.3 is 4.57 Å². The van der Waals surface area contributed by atoms with Gasteiger partial charge in [0, 0.05) is 16.4 Å². The molecule has 1 aromatic heterocycles. The molecule has 0 unspecified atom stereocenters. The van der Waals surface area contributed by atoms with E-state index in [0.29, 0.717) is 0 Å². The molecule has 0 spiro atoms. The van der Waals surface area contributed by atoms with Gasteiger partial charge in [0.2, 0.25) is 0 Å². The van der Waals surface area contributed by atoms with Crippen molar-refractivity contribution >= 4 is 49.9 Å². The summed E-state index contributed by atoms with van der Waals surface area (Å²) in [5, 5.41) is 2.18. The molecule has 2 aromatic carbocycles. The monoisotopic (exact) mass is 438 g/mol. The molecule has 0 atom stereocenters. The number of hydrogen-bond acceptors (Lipinski definition) is 2. The maximum atomic E-state index is 4.75. The second-order valence-corrected chi connectivity index (χ2v) is 6.35. The Labute approximate surface area is 153 Å². The molecule has 0 aliphatic carbocycles. The number of para-hydroxylation sites is 1. The predicted molar refractivity (Wildman–Crippen MR) is 103 cm³/mol. The number of thiazole rings is 1. The number of aromatic nitrogens is 1. The summed E-state index contributed by atoms with van der Waals surface area (Å²) in [5.74, 6) is 0. The first kappa shape index (κ1) is 17.2. The summed E-state index contributed by atoms with van der Waals surface area (Å²) in [6.45, 7) is 3.06. The Hall–Kier alpha value is -1.17. The lowest BCUT2D eigenvalue weighted by atomic mass is 10.2. The molecule has 0 saturated carbocycles. The van der Waals surface area contributed by atoms with Gasteiger partial charge in [-0.2, -0.15) is 0 Å². The second kappa shape index (κ2) is 7.90. The van der Waals surface area contributed by atoms with E-state index >= 15 is 0 Å². The first-order valence-electron chi connectivity index (χ1n) is 6.82. The average Bonchev–Trinajstić information content (AvgIpc) is 2.92. The van der Waals surface area contributed by atoms with Crippen LogP contribution in [-0.4, -0.2) is 4.57 Å². The fourth-order valence-corrected chi connectivity index (χ4v) is 3.45. The summed E-state index contributed by atoms with van der Waals surface area (Å²) in [6, 6.07) is 18.5. The van der Waals surface area contributed by atoms with Crippen molar-refractivity contribution in [1.82, 2.24) is 4.57 Å². The van der Waals surface area contributed by atoms with Crippen LogP contribution in [-0.2, 0) is 6.54 Å². The Kier molecular flexibility index (Phi) is 6.17. The summed E-state index contributed by atoms with van der Waals surface area (Å²) in [5.41, 5.74) is 3.42. The molecule has 114 valence electrons. The lowest BCUT2D eigenvalue weighted by Gasteiger charge is -2.06. The lowest BCUT2D eigenvalue weighted by Crippen LogP contribution is -2.14. The molecule has 0 aliphatic rings. The topological polar surface area (TPSA) is 17.3 Å². The molecule has 0 amide bonds. The first-order chi connectivity index (χ1) is 10.3. The Morgan fingerprint density at radius 3 is 2.36 bits per heavy atom. The number of halogens is 2. The normalized spacial score (nSPS) is 11.3. The zero-order valence-corrected chi connectivity index (χ0v) is 16.2. The van der Waals surface area contributed by atoms with E-state index < -0.39 is 0 Å². The summed E-state index contributed by atoms with van der Waals surface area (Å²) in [7, 11) is 0. The third kappa shape index (κ3) is 3.77. The first-order valence-corrected chi connectivity index (χ1v) is 8.49. The van der Waals surface area contributed by atoms with Crippen molar-refractivity contribution in [2.24, 2.45) is 4.99 Å². The van der Waals surface area contributed by atoms with Crippen molar-refractivity contribution in [2.45, 2.75) is 13.5 Å². The number of nitrogens with zero attached hydrogens (tertiary/aromatic N) is 2. The molecule has 0 N–H and O–H groups in total. The summed E-state index contributed by atoms with van der Waals surface area (Å²) >= 11 is 5.16. The van der Waals surface area contributed by atoms with E-state index in [1.54, 1.807) is 11.3 Å². The van der Waals surface area contributed by atoms with Crippen LogP contribution >= 0.6 is 44.2 Å². The molecule has 0 aliphatic heterocycles. The molecular weight excluding hydrogens is 424 g/mol. The van der Waals surface area contributed by atoms with Crippen LogP contribution in [0.25, 0.3) is 11.3 Å². The van der Waals surface area contributed by atoms with Crippen molar-refractivity contribution in [1.29, 1.82) is 0 Å². The Morgan fingerprint density at radius 1 is 1.05 bits per heavy atom. The number of rotatable bonds is 3. The van der Waals surface area contributed by atoms with Crippen molar-refractivity contribution in [2.75, 3.05) is 0 Å². The molecule has 0 radical (unpaired) electrons. The van der Waals surface area contributed by atoms with Crippen LogP contribution in [0.4, 0.5) is 5.69 Å². The van der Waals surface area contributed by atoms with Crippen molar-refractivity contribution in [3.63, 3.8) is 0 Å². The van der Waals surface area contributed by atoms with Gasteiger partial charge in [0.15, 0.2) is 4.80 Å². The van der Waals surface area contributed by atoms with E-state index in [0.717, 1.165) is 21.5 Å². The van der Waals surface area contributed by atoms with Crippen molar-refractivity contribution in [3.8, 4) is 11.3 Å². The van der Waals surface area contributed by atoms with Gasteiger partial charge in [-0.15, -0.1) is 28.3 Å². The minimum Gasteiger partial charge on any atom is -0.317 e. The summed E-state index contributed by atoms with van der Waals surface area (Å²) < 4.78 is 3.35. The largest absolute Gasteiger partial charge is 0.317 e. The van der Waals surface area contributed by atoms with Gasteiger partial charge >= 0.3 is 0 Å². The highest BCUT2D eigenvalue weighted by Crippen LogP contribution is 2.22. The fraction of sp³-hybridized carbons (Fsp3) is 0.118. The second-order valence-electron chi connectivity index (χ2n) is 4.60. The Morgan fingerprint density at radius 2 is 1.73 bits per heavy atom. The summed E-state index contributed by atoms with van der Waals surface area (Å²) in [4.78, 5) is 5.78. The minimum absolute atomic E-state index is 0. The quantitative estimate of drug-likeness (QED) is 0.489. The lowest BCUT2D eigenvalue weighted by molar-refractivity contribution is 0.745. The van der Waals surface area contributed by atoms with Crippen molar-refractivity contribution in [3.05, 3.63) is 69.3 Å². The Balaban J connectivity index is 0.00000176. The Bertz CT molecular complexity index is 790. The third-order valence-corrected chi connectivity index (χ3v) is 4.63. The van der Waals surface area contributed by atoms with E-state index in [2.05, 4.69) is 57.1 Å². The highest BCUT2D eigenvalue weighted by atomic mass is 79.9. The van der Waals surface area contributed by atoms with Gasteiger partial charge in [0.25, 0.3) is 0 Å². The highest BCUT2D eigenvalue weighted by molar-refractivity contribution is 9.10. The molecule has 2 nitrogen and oxygen atoms in total. The maximum absolute atomic E-state index is 4.75. The van der Waals surface area contributed by atoms with Gasteiger partial charge in [0.1, 0.15) is 0 Å². The van der Waals surface area contributed by atoms with E-state index in [1.807, 2.05) is 30.3 Å². The van der Waals surface area contributed by atoms with E-state index in [-0.39, 0.29) is 17.0 Å². The van der Waals surface area contributed by atoms with E-state index in [9.17, 15) is 0 Å². The molecule has 3 aromatic rings. The summed E-state index contributed by atoms with van der Waals surface area (Å²) in [6.07, 6.45) is 0. The molecule has 3 rings (SSSR count). The van der Waals surface area contributed by atoms with Gasteiger partial charge in [-0.3, -0.25) is 0 Å². The molecule has 1 heterocycles. The zero-order chi connectivity index (χ0) is 14.7. The number of hydrogen-bond donors (Lipinski definition) is 0. The van der Waals surface area contributed by atoms with Crippen LogP contribution in [0.15, 0.2) is 69.4 Å². The number of benzene rings is 2. The maximum Gasteiger partial charge on any atom is 0.190 e. The smallest absolute Gasteiger partial charge is 0.190 e. The van der Waals surface area contributed by atoms with Crippen LogP contribution in [0.1, 0.15) is 6.92 Å². The van der Waals surface area contributed by atoms with Crippen LogP contribution in [0, 0.1) is 0 Å².